The number of pyridine rings is 1. The number of thiophene rings is 1. The van der Waals surface area contributed by atoms with E-state index in [4.69, 9.17) is 4.74 Å². The van der Waals surface area contributed by atoms with Crippen LogP contribution in [0.5, 0.6) is 0 Å². The molecule has 4 rings (SSSR count). The van der Waals surface area contributed by atoms with Crippen molar-refractivity contribution in [2.75, 3.05) is 6.61 Å². The van der Waals surface area contributed by atoms with E-state index in [2.05, 4.69) is 0 Å². The van der Waals surface area contributed by atoms with E-state index >= 15 is 0 Å². The van der Waals surface area contributed by atoms with Crippen LogP contribution in [0.15, 0.2) is 29.1 Å². The van der Waals surface area contributed by atoms with Gasteiger partial charge in [-0.1, -0.05) is 29.8 Å². The number of aromatic nitrogens is 1. The summed E-state index contributed by atoms with van der Waals surface area (Å²) in [6.45, 7) is 3.97. The van der Waals surface area contributed by atoms with E-state index in [0.717, 1.165) is 52.6 Å². The first-order valence-corrected chi connectivity index (χ1v) is 10.8. The SMILES string of the molecule is CCOC(C(=O)O)c1c(-c2ccc(C)cc2)c2c3c(sc2n(C)c1=O)CCCC3. The number of carboxylic acids is 1. The maximum Gasteiger partial charge on any atom is 0.337 e. The zero-order chi connectivity index (χ0) is 20.7. The fraction of sp³-hybridized carbons (Fsp3) is 0.391. The molecule has 1 N–H and O–H groups in total. The third-order valence-corrected chi connectivity index (χ3v) is 7.04. The van der Waals surface area contributed by atoms with Gasteiger partial charge < -0.3 is 14.4 Å². The number of carbonyl (C=O) groups is 1. The molecule has 152 valence electrons. The molecule has 1 unspecified atom stereocenters. The molecule has 3 aromatic rings. The Morgan fingerprint density at radius 1 is 1.24 bits per heavy atom. The van der Waals surface area contributed by atoms with E-state index in [1.165, 1.54) is 10.4 Å². The zero-order valence-corrected chi connectivity index (χ0v) is 17.8. The largest absolute Gasteiger partial charge is 0.479 e. The number of ether oxygens (including phenoxy) is 1. The van der Waals surface area contributed by atoms with Gasteiger partial charge in [-0.05, 0) is 50.7 Å². The van der Waals surface area contributed by atoms with E-state index < -0.39 is 12.1 Å². The van der Waals surface area contributed by atoms with E-state index in [-0.39, 0.29) is 17.7 Å². The molecule has 2 heterocycles. The second kappa shape index (κ2) is 7.76. The van der Waals surface area contributed by atoms with E-state index in [1.807, 2.05) is 31.2 Å². The summed E-state index contributed by atoms with van der Waals surface area (Å²) in [6.07, 6.45) is 2.94. The minimum absolute atomic E-state index is 0.216. The summed E-state index contributed by atoms with van der Waals surface area (Å²) in [5, 5.41) is 10.9. The van der Waals surface area contributed by atoms with Gasteiger partial charge in [-0.15, -0.1) is 11.3 Å². The van der Waals surface area contributed by atoms with E-state index in [9.17, 15) is 14.7 Å². The highest BCUT2D eigenvalue weighted by Crippen LogP contribution is 2.43. The van der Waals surface area contributed by atoms with Crippen LogP contribution in [-0.4, -0.2) is 22.2 Å². The van der Waals surface area contributed by atoms with Gasteiger partial charge in [0.05, 0.1) is 5.56 Å². The van der Waals surface area contributed by atoms with Gasteiger partial charge in [-0.25, -0.2) is 4.79 Å². The van der Waals surface area contributed by atoms with Crippen LogP contribution in [-0.2, 0) is 29.4 Å². The van der Waals surface area contributed by atoms with Gasteiger partial charge in [0.1, 0.15) is 4.83 Å². The topological polar surface area (TPSA) is 68.5 Å². The van der Waals surface area contributed by atoms with Crippen molar-refractivity contribution < 1.29 is 14.6 Å². The molecule has 1 atom stereocenters. The van der Waals surface area contributed by atoms with Crippen molar-refractivity contribution in [2.45, 2.75) is 45.6 Å². The Bertz CT molecular complexity index is 1140. The van der Waals surface area contributed by atoms with Gasteiger partial charge >= 0.3 is 5.97 Å². The molecule has 0 fully saturated rings. The van der Waals surface area contributed by atoms with E-state index in [1.54, 1.807) is 29.9 Å². The minimum atomic E-state index is -1.29. The fourth-order valence-electron chi connectivity index (χ4n) is 4.27. The Kier molecular flexibility index (Phi) is 5.32. The molecule has 1 aliphatic rings. The van der Waals surface area contributed by atoms with Crippen molar-refractivity contribution in [1.29, 1.82) is 0 Å². The van der Waals surface area contributed by atoms with Gasteiger partial charge in [-0.3, -0.25) is 4.79 Å². The zero-order valence-electron chi connectivity index (χ0n) is 16.9. The summed E-state index contributed by atoms with van der Waals surface area (Å²) in [6, 6.07) is 7.95. The number of aryl methyl sites for hydroxylation is 4. The van der Waals surface area contributed by atoms with Crippen LogP contribution < -0.4 is 5.56 Å². The predicted octanol–water partition coefficient (Wildman–Crippen LogP) is 4.62. The van der Waals surface area contributed by atoms with Crippen LogP contribution >= 0.6 is 11.3 Å². The highest BCUT2D eigenvalue weighted by atomic mass is 32.1. The Labute approximate surface area is 173 Å². The summed E-state index contributed by atoms with van der Waals surface area (Å²) in [7, 11) is 1.74. The lowest BCUT2D eigenvalue weighted by atomic mass is 9.89. The second-order valence-electron chi connectivity index (χ2n) is 7.58. The van der Waals surface area contributed by atoms with Crippen LogP contribution in [0.2, 0.25) is 0 Å². The Hall–Kier alpha value is -2.44. The average molecular weight is 412 g/mol. The van der Waals surface area contributed by atoms with Crippen molar-refractivity contribution in [3.05, 3.63) is 56.2 Å². The van der Waals surface area contributed by atoms with Crippen molar-refractivity contribution in [3.63, 3.8) is 0 Å². The normalized spacial score (nSPS) is 14.7. The molecule has 0 saturated carbocycles. The van der Waals surface area contributed by atoms with Gasteiger partial charge in [-0.2, -0.15) is 0 Å². The number of hydrogen-bond acceptors (Lipinski definition) is 4. The lowest BCUT2D eigenvalue weighted by molar-refractivity contribution is -0.150. The number of nitrogens with zero attached hydrogens (tertiary/aromatic N) is 1. The molecule has 0 bridgehead atoms. The first kappa shape index (κ1) is 19.9. The second-order valence-corrected chi connectivity index (χ2v) is 8.67. The molecular weight excluding hydrogens is 386 g/mol. The van der Waals surface area contributed by atoms with Crippen molar-refractivity contribution in [3.8, 4) is 11.1 Å². The molecule has 1 aromatic carbocycles. The molecule has 0 spiro atoms. The molecule has 6 heteroatoms. The van der Waals surface area contributed by atoms with Gasteiger partial charge in [0, 0.05) is 29.5 Å². The van der Waals surface area contributed by atoms with Crippen LogP contribution in [0.1, 0.15) is 47.4 Å². The summed E-state index contributed by atoms with van der Waals surface area (Å²) in [5.41, 5.74) is 3.90. The van der Waals surface area contributed by atoms with Crippen LogP contribution in [0.3, 0.4) is 0 Å². The lowest BCUT2D eigenvalue weighted by Gasteiger charge is -2.20. The number of carboxylic acid groups (broad SMARTS) is 1. The van der Waals surface area contributed by atoms with Gasteiger partial charge in [0.2, 0.25) is 0 Å². The first-order chi connectivity index (χ1) is 13.9. The molecule has 0 amide bonds. The molecule has 1 aliphatic carbocycles. The minimum Gasteiger partial charge on any atom is -0.479 e. The van der Waals surface area contributed by atoms with Crippen molar-refractivity contribution in [1.82, 2.24) is 4.57 Å². The van der Waals surface area contributed by atoms with Crippen molar-refractivity contribution >= 4 is 27.5 Å². The summed E-state index contributed by atoms with van der Waals surface area (Å²) < 4.78 is 7.18. The Morgan fingerprint density at radius 3 is 2.59 bits per heavy atom. The van der Waals surface area contributed by atoms with Crippen LogP contribution in [0, 0.1) is 6.92 Å². The number of rotatable bonds is 5. The number of aliphatic carboxylic acids is 1. The summed E-state index contributed by atoms with van der Waals surface area (Å²) in [5.74, 6) is -1.14. The monoisotopic (exact) mass is 411 g/mol. The van der Waals surface area contributed by atoms with E-state index in [0.29, 0.717) is 0 Å². The third kappa shape index (κ3) is 3.30. The Morgan fingerprint density at radius 2 is 1.93 bits per heavy atom. The Balaban J connectivity index is 2.17. The molecule has 29 heavy (non-hydrogen) atoms. The average Bonchev–Trinajstić information content (AvgIpc) is 3.09. The van der Waals surface area contributed by atoms with Crippen LogP contribution in [0.25, 0.3) is 21.3 Å². The third-order valence-electron chi connectivity index (χ3n) is 5.67. The molecule has 0 aliphatic heterocycles. The highest BCUT2D eigenvalue weighted by Gasteiger charge is 2.32. The molecule has 0 saturated heterocycles. The lowest BCUT2D eigenvalue weighted by Crippen LogP contribution is -2.29. The summed E-state index contributed by atoms with van der Waals surface area (Å²) in [4.78, 5) is 27.7. The first-order valence-electron chi connectivity index (χ1n) is 10.0. The number of benzene rings is 1. The fourth-order valence-corrected chi connectivity index (χ4v) is 5.62. The maximum atomic E-state index is 13.4. The summed E-state index contributed by atoms with van der Waals surface area (Å²) >= 11 is 1.67. The maximum absolute atomic E-state index is 13.4. The molecule has 0 radical (unpaired) electrons. The molecular formula is C23H25NO4S. The van der Waals surface area contributed by atoms with Crippen molar-refractivity contribution in [2.24, 2.45) is 7.05 Å². The van der Waals surface area contributed by atoms with Gasteiger partial charge in [0.25, 0.3) is 5.56 Å². The standard InChI is InChI=1S/C23H25NO4S/c1-4-28-20(23(26)27)19-17(14-11-9-13(2)10-12-14)18-15-7-5-6-8-16(15)29-22(18)24(3)21(19)25/h9-12,20H,4-8H2,1-3H3,(H,26,27). The number of fused-ring (bicyclic) bond motifs is 3. The molecule has 5 nitrogen and oxygen atoms in total. The van der Waals surface area contributed by atoms with Gasteiger partial charge in [0.15, 0.2) is 6.10 Å². The van der Waals surface area contributed by atoms with Crippen LogP contribution in [0.4, 0.5) is 0 Å². The predicted molar refractivity (Wildman–Crippen MR) is 116 cm³/mol. The quantitative estimate of drug-likeness (QED) is 0.665. The highest BCUT2D eigenvalue weighted by molar-refractivity contribution is 7.19. The molecule has 2 aromatic heterocycles. The smallest absolute Gasteiger partial charge is 0.337 e. The number of hydrogen-bond donors (Lipinski definition) is 1.